The van der Waals surface area contributed by atoms with E-state index in [0.717, 1.165) is 16.2 Å². The Morgan fingerprint density at radius 2 is 1.87 bits per heavy atom. The van der Waals surface area contributed by atoms with E-state index in [9.17, 15) is 4.79 Å². The highest BCUT2D eigenvalue weighted by Crippen LogP contribution is 2.34. The number of furan rings is 1. The molecule has 4 aromatic rings. The summed E-state index contributed by atoms with van der Waals surface area (Å²) in [5.41, 5.74) is 1.90. The SMILES string of the molecule is CCOC(=O)c1cc2c(ccc3cc4ccccc4c(C)c32)o1. The van der Waals surface area contributed by atoms with Crippen molar-refractivity contribution in [2.24, 2.45) is 0 Å². The van der Waals surface area contributed by atoms with Gasteiger partial charge in [-0.3, -0.25) is 0 Å². The zero-order valence-corrected chi connectivity index (χ0v) is 13.1. The second-order valence-corrected chi connectivity index (χ2v) is 5.63. The minimum absolute atomic E-state index is 0.252. The standard InChI is InChI=1S/C20H16O3/c1-3-22-20(21)18-11-16-17(23-18)9-8-14-10-13-6-4-5-7-15(13)12(2)19(14)16/h4-11H,3H2,1-2H3. The number of carbonyl (C=O) groups is 1. The van der Waals surface area contributed by atoms with Crippen molar-refractivity contribution in [1.82, 2.24) is 0 Å². The summed E-state index contributed by atoms with van der Waals surface area (Å²) in [4.78, 5) is 11.9. The number of fused-ring (bicyclic) bond motifs is 4. The van der Waals surface area contributed by atoms with Crippen molar-refractivity contribution in [1.29, 1.82) is 0 Å². The minimum Gasteiger partial charge on any atom is -0.460 e. The lowest BCUT2D eigenvalue weighted by Gasteiger charge is -2.08. The monoisotopic (exact) mass is 304 g/mol. The van der Waals surface area contributed by atoms with Crippen LogP contribution in [0.5, 0.6) is 0 Å². The molecule has 0 aliphatic heterocycles. The molecular formula is C20H16O3. The number of aryl methyl sites for hydroxylation is 1. The van der Waals surface area contributed by atoms with E-state index in [1.165, 1.54) is 16.3 Å². The maximum absolute atomic E-state index is 11.9. The number of carbonyl (C=O) groups excluding carboxylic acids is 1. The molecule has 4 rings (SSSR count). The van der Waals surface area contributed by atoms with Crippen LogP contribution in [0.1, 0.15) is 23.0 Å². The Morgan fingerprint density at radius 3 is 2.70 bits per heavy atom. The van der Waals surface area contributed by atoms with Crippen LogP contribution in [0.15, 0.2) is 52.9 Å². The number of hydrogen-bond donors (Lipinski definition) is 0. The van der Waals surface area contributed by atoms with Crippen molar-refractivity contribution in [3.63, 3.8) is 0 Å². The summed E-state index contributed by atoms with van der Waals surface area (Å²) in [5.74, 6) is -0.169. The molecule has 3 heteroatoms. The largest absolute Gasteiger partial charge is 0.460 e. The molecule has 0 fully saturated rings. The molecule has 0 spiro atoms. The molecule has 0 amide bonds. The average Bonchev–Trinajstić information content (AvgIpc) is 2.99. The fraction of sp³-hybridized carbons (Fsp3) is 0.150. The maximum Gasteiger partial charge on any atom is 0.374 e. The predicted molar refractivity (Wildman–Crippen MR) is 91.9 cm³/mol. The molecule has 114 valence electrons. The first-order chi connectivity index (χ1) is 11.2. The lowest BCUT2D eigenvalue weighted by molar-refractivity contribution is 0.0492. The molecule has 0 N–H and O–H groups in total. The van der Waals surface area contributed by atoms with Crippen molar-refractivity contribution in [3.8, 4) is 0 Å². The number of hydrogen-bond acceptors (Lipinski definition) is 3. The molecule has 23 heavy (non-hydrogen) atoms. The van der Waals surface area contributed by atoms with Gasteiger partial charge >= 0.3 is 5.97 Å². The van der Waals surface area contributed by atoms with Gasteiger partial charge in [-0.1, -0.05) is 30.3 Å². The number of rotatable bonds is 2. The van der Waals surface area contributed by atoms with Gasteiger partial charge in [0.15, 0.2) is 0 Å². The molecule has 0 radical (unpaired) electrons. The quantitative estimate of drug-likeness (QED) is 0.376. The van der Waals surface area contributed by atoms with Crippen molar-refractivity contribution < 1.29 is 13.9 Å². The fourth-order valence-corrected chi connectivity index (χ4v) is 3.24. The van der Waals surface area contributed by atoms with Gasteiger partial charge in [-0.05, 0) is 59.2 Å². The number of esters is 1. The highest BCUT2D eigenvalue weighted by Gasteiger charge is 2.16. The van der Waals surface area contributed by atoms with Crippen LogP contribution in [0.2, 0.25) is 0 Å². The van der Waals surface area contributed by atoms with Crippen molar-refractivity contribution in [3.05, 3.63) is 59.9 Å². The van der Waals surface area contributed by atoms with E-state index in [0.29, 0.717) is 12.2 Å². The summed E-state index contributed by atoms with van der Waals surface area (Å²) < 4.78 is 10.7. The maximum atomic E-state index is 11.9. The van der Waals surface area contributed by atoms with E-state index in [4.69, 9.17) is 9.15 Å². The molecule has 0 aliphatic rings. The Morgan fingerprint density at radius 1 is 1.04 bits per heavy atom. The summed E-state index contributed by atoms with van der Waals surface area (Å²) in [6.45, 7) is 4.23. The molecule has 0 unspecified atom stereocenters. The van der Waals surface area contributed by atoms with Crippen molar-refractivity contribution in [2.45, 2.75) is 13.8 Å². The molecule has 0 saturated heterocycles. The normalized spacial score (nSPS) is 11.4. The molecule has 3 nitrogen and oxygen atoms in total. The van der Waals surface area contributed by atoms with Gasteiger partial charge < -0.3 is 9.15 Å². The van der Waals surface area contributed by atoms with Gasteiger partial charge in [-0.2, -0.15) is 0 Å². The van der Waals surface area contributed by atoms with Crippen LogP contribution < -0.4 is 0 Å². The van der Waals surface area contributed by atoms with Gasteiger partial charge in [0, 0.05) is 5.39 Å². The van der Waals surface area contributed by atoms with E-state index in [2.05, 4.69) is 25.1 Å². The van der Waals surface area contributed by atoms with Crippen LogP contribution in [-0.4, -0.2) is 12.6 Å². The smallest absolute Gasteiger partial charge is 0.374 e. The van der Waals surface area contributed by atoms with Crippen LogP contribution in [0, 0.1) is 6.92 Å². The molecule has 1 aromatic heterocycles. The zero-order chi connectivity index (χ0) is 16.0. The van der Waals surface area contributed by atoms with E-state index in [1.54, 1.807) is 13.0 Å². The molecule has 0 bridgehead atoms. The lowest BCUT2D eigenvalue weighted by Crippen LogP contribution is -2.02. The highest BCUT2D eigenvalue weighted by atomic mass is 16.5. The van der Waals surface area contributed by atoms with Crippen LogP contribution >= 0.6 is 0 Å². The number of benzene rings is 3. The minimum atomic E-state index is -0.421. The van der Waals surface area contributed by atoms with Crippen molar-refractivity contribution in [2.75, 3.05) is 6.61 Å². The first-order valence-corrected chi connectivity index (χ1v) is 7.71. The molecule has 0 saturated carbocycles. The van der Waals surface area contributed by atoms with Crippen LogP contribution in [0.4, 0.5) is 0 Å². The first-order valence-electron chi connectivity index (χ1n) is 7.71. The summed E-state index contributed by atoms with van der Waals surface area (Å²) in [5, 5.41) is 5.65. The van der Waals surface area contributed by atoms with Crippen LogP contribution in [0.25, 0.3) is 32.5 Å². The van der Waals surface area contributed by atoms with Crippen LogP contribution in [-0.2, 0) is 4.74 Å². The molecule has 0 aliphatic carbocycles. The Balaban J connectivity index is 2.07. The van der Waals surface area contributed by atoms with Gasteiger partial charge in [0.1, 0.15) is 5.58 Å². The third-order valence-electron chi connectivity index (χ3n) is 4.26. The molecule has 1 heterocycles. The Labute approximate surface area is 133 Å². The van der Waals surface area contributed by atoms with Crippen LogP contribution in [0.3, 0.4) is 0 Å². The van der Waals surface area contributed by atoms with Crippen molar-refractivity contribution >= 4 is 38.5 Å². The summed E-state index contributed by atoms with van der Waals surface area (Å²) in [6.07, 6.45) is 0. The van der Waals surface area contributed by atoms with Gasteiger partial charge in [0.05, 0.1) is 6.61 Å². The topological polar surface area (TPSA) is 39.4 Å². The highest BCUT2D eigenvalue weighted by molar-refractivity contribution is 6.14. The summed E-state index contributed by atoms with van der Waals surface area (Å²) in [7, 11) is 0. The summed E-state index contributed by atoms with van der Waals surface area (Å²) in [6, 6.07) is 16.2. The Hall–Kier alpha value is -2.81. The zero-order valence-electron chi connectivity index (χ0n) is 13.1. The summed E-state index contributed by atoms with van der Waals surface area (Å²) >= 11 is 0. The second kappa shape index (κ2) is 5.13. The first kappa shape index (κ1) is 13.8. The van der Waals surface area contributed by atoms with E-state index in [1.807, 2.05) is 24.3 Å². The molecule has 0 atom stereocenters. The van der Waals surface area contributed by atoms with Gasteiger partial charge in [0.25, 0.3) is 0 Å². The second-order valence-electron chi connectivity index (χ2n) is 5.63. The third kappa shape index (κ3) is 2.08. The lowest BCUT2D eigenvalue weighted by atomic mass is 9.95. The van der Waals surface area contributed by atoms with Gasteiger partial charge in [0.2, 0.25) is 5.76 Å². The molecular weight excluding hydrogens is 288 g/mol. The number of ether oxygens (including phenoxy) is 1. The average molecular weight is 304 g/mol. The van der Waals surface area contributed by atoms with Gasteiger partial charge in [-0.25, -0.2) is 4.79 Å². The Kier molecular flexibility index (Phi) is 3.08. The Bertz CT molecular complexity index is 1060. The van der Waals surface area contributed by atoms with E-state index >= 15 is 0 Å². The third-order valence-corrected chi connectivity index (χ3v) is 4.26. The molecule has 3 aromatic carbocycles. The fourth-order valence-electron chi connectivity index (χ4n) is 3.24. The van der Waals surface area contributed by atoms with Gasteiger partial charge in [-0.15, -0.1) is 0 Å². The van der Waals surface area contributed by atoms with E-state index in [-0.39, 0.29) is 5.76 Å². The predicted octanol–water partition coefficient (Wildman–Crippen LogP) is 5.22. The van der Waals surface area contributed by atoms with E-state index < -0.39 is 5.97 Å².